The molecule has 4 fully saturated rings. The standard InChI is InChI=1S/C18H25N3O2S/c1-3-23-17(22)21-9-18(10-21)4-12(5-18)20-6-13-14(7-20)16(13)15-8-24-11(2)19-15/h8,12-14,16H,3-7,9-10H2,1-2H3/t13-,14+,16+. The lowest BCUT2D eigenvalue weighted by Crippen LogP contribution is -2.67. The summed E-state index contributed by atoms with van der Waals surface area (Å²) in [6.45, 7) is 8.77. The van der Waals surface area contributed by atoms with Gasteiger partial charge in [-0.05, 0) is 38.5 Å². The van der Waals surface area contributed by atoms with Crippen molar-refractivity contribution in [1.29, 1.82) is 0 Å². The van der Waals surface area contributed by atoms with E-state index in [9.17, 15) is 4.79 Å². The molecule has 2 aliphatic heterocycles. The third-order valence-corrected chi connectivity index (χ3v) is 7.42. The minimum absolute atomic E-state index is 0.129. The number of nitrogens with zero attached hydrogens (tertiary/aromatic N) is 3. The van der Waals surface area contributed by atoms with E-state index in [4.69, 9.17) is 9.72 Å². The molecule has 2 saturated carbocycles. The number of aromatic nitrogens is 1. The van der Waals surface area contributed by atoms with Crippen molar-refractivity contribution in [2.24, 2.45) is 17.3 Å². The number of likely N-dealkylation sites (tertiary alicyclic amines) is 2. The molecular formula is C18H25N3O2S. The van der Waals surface area contributed by atoms with Gasteiger partial charge < -0.3 is 9.64 Å². The van der Waals surface area contributed by atoms with E-state index >= 15 is 0 Å². The van der Waals surface area contributed by atoms with Crippen molar-refractivity contribution in [3.8, 4) is 0 Å². The molecule has 130 valence electrons. The van der Waals surface area contributed by atoms with Gasteiger partial charge in [-0.1, -0.05) is 0 Å². The highest BCUT2D eigenvalue weighted by Crippen LogP contribution is 2.60. The van der Waals surface area contributed by atoms with Gasteiger partial charge >= 0.3 is 6.09 Å². The van der Waals surface area contributed by atoms with E-state index in [1.807, 2.05) is 11.8 Å². The molecule has 3 heterocycles. The molecule has 1 spiro atoms. The van der Waals surface area contributed by atoms with E-state index in [1.165, 1.54) is 36.6 Å². The fourth-order valence-electron chi connectivity index (χ4n) is 5.39. The molecule has 6 heteroatoms. The van der Waals surface area contributed by atoms with Crippen molar-refractivity contribution in [3.05, 3.63) is 16.1 Å². The van der Waals surface area contributed by atoms with Crippen LogP contribution < -0.4 is 0 Å². The van der Waals surface area contributed by atoms with Crippen LogP contribution in [0.15, 0.2) is 5.38 Å². The van der Waals surface area contributed by atoms with Crippen molar-refractivity contribution in [2.75, 3.05) is 32.8 Å². The van der Waals surface area contributed by atoms with Gasteiger partial charge in [0.1, 0.15) is 0 Å². The Morgan fingerprint density at radius 3 is 2.67 bits per heavy atom. The second-order valence-electron chi connectivity index (χ2n) is 8.22. The van der Waals surface area contributed by atoms with Gasteiger partial charge in [-0.3, -0.25) is 4.90 Å². The van der Waals surface area contributed by atoms with E-state index < -0.39 is 0 Å². The highest BCUT2D eigenvalue weighted by Gasteiger charge is 2.61. The number of aryl methyl sites for hydroxylation is 1. The molecule has 3 atom stereocenters. The lowest BCUT2D eigenvalue weighted by molar-refractivity contribution is -0.0973. The second kappa shape index (κ2) is 5.18. The average Bonchev–Trinajstić information content (AvgIpc) is 2.83. The van der Waals surface area contributed by atoms with Crippen molar-refractivity contribution in [2.45, 2.75) is 38.6 Å². The number of carbonyl (C=O) groups is 1. The van der Waals surface area contributed by atoms with Crippen molar-refractivity contribution >= 4 is 17.4 Å². The van der Waals surface area contributed by atoms with E-state index in [0.717, 1.165) is 36.9 Å². The Morgan fingerprint density at radius 2 is 2.08 bits per heavy atom. The summed E-state index contributed by atoms with van der Waals surface area (Å²) in [7, 11) is 0. The van der Waals surface area contributed by atoms with Crippen LogP contribution in [0.1, 0.15) is 36.4 Å². The molecule has 1 amide bonds. The highest BCUT2D eigenvalue weighted by atomic mass is 32.1. The molecular weight excluding hydrogens is 322 g/mol. The minimum atomic E-state index is -0.129. The predicted octanol–water partition coefficient (Wildman–Crippen LogP) is 2.72. The van der Waals surface area contributed by atoms with Crippen LogP contribution in [0.5, 0.6) is 0 Å². The molecule has 0 unspecified atom stereocenters. The monoisotopic (exact) mass is 347 g/mol. The van der Waals surface area contributed by atoms with E-state index in [-0.39, 0.29) is 6.09 Å². The zero-order chi connectivity index (χ0) is 16.5. The summed E-state index contributed by atoms with van der Waals surface area (Å²) in [5.74, 6) is 2.43. The largest absolute Gasteiger partial charge is 0.450 e. The molecule has 2 aliphatic carbocycles. The zero-order valence-electron chi connectivity index (χ0n) is 14.4. The highest BCUT2D eigenvalue weighted by molar-refractivity contribution is 7.09. The summed E-state index contributed by atoms with van der Waals surface area (Å²) >= 11 is 1.78. The van der Waals surface area contributed by atoms with Gasteiger partial charge in [0.15, 0.2) is 0 Å². The van der Waals surface area contributed by atoms with Crippen LogP contribution in [0, 0.1) is 24.2 Å². The van der Waals surface area contributed by atoms with Crippen molar-refractivity contribution in [3.63, 3.8) is 0 Å². The summed E-state index contributed by atoms with van der Waals surface area (Å²) in [6, 6.07) is 0.750. The second-order valence-corrected chi connectivity index (χ2v) is 9.28. The first kappa shape index (κ1) is 15.1. The van der Waals surface area contributed by atoms with Gasteiger partial charge in [0.05, 0.1) is 17.3 Å². The molecule has 2 saturated heterocycles. The Kier molecular flexibility index (Phi) is 3.27. The molecule has 0 bridgehead atoms. The van der Waals surface area contributed by atoms with Crippen LogP contribution in [-0.2, 0) is 4.74 Å². The van der Waals surface area contributed by atoms with Crippen LogP contribution >= 0.6 is 11.3 Å². The Hall–Kier alpha value is -1.14. The number of thiazole rings is 1. The molecule has 24 heavy (non-hydrogen) atoms. The quantitative estimate of drug-likeness (QED) is 0.843. The summed E-state index contributed by atoms with van der Waals surface area (Å²) in [6.07, 6.45) is 2.40. The first-order valence-corrected chi connectivity index (χ1v) is 10.0. The van der Waals surface area contributed by atoms with E-state index in [0.29, 0.717) is 12.0 Å². The van der Waals surface area contributed by atoms with Crippen LogP contribution in [0.2, 0.25) is 0 Å². The number of hydrogen-bond acceptors (Lipinski definition) is 5. The zero-order valence-corrected chi connectivity index (χ0v) is 15.2. The van der Waals surface area contributed by atoms with Crippen LogP contribution in [-0.4, -0.2) is 59.7 Å². The van der Waals surface area contributed by atoms with Crippen LogP contribution in [0.3, 0.4) is 0 Å². The number of fused-ring (bicyclic) bond motifs is 1. The SMILES string of the molecule is CCOC(=O)N1CC2(CC(N3C[C@@H]4[C@H](C3)[C@H]4c3csc(C)n3)C2)C1. The van der Waals surface area contributed by atoms with Gasteiger partial charge in [0.25, 0.3) is 0 Å². The van der Waals surface area contributed by atoms with Gasteiger partial charge in [-0.2, -0.15) is 0 Å². The fourth-order valence-corrected chi connectivity index (χ4v) is 6.05. The molecule has 1 aromatic rings. The average molecular weight is 347 g/mol. The van der Waals surface area contributed by atoms with Gasteiger partial charge in [0, 0.05) is 48.9 Å². The molecule has 0 radical (unpaired) electrons. The first-order chi connectivity index (χ1) is 11.6. The van der Waals surface area contributed by atoms with E-state index in [1.54, 1.807) is 11.3 Å². The third kappa shape index (κ3) is 2.22. The number of amides is 1. The molecule has 1 aromatic heterocycles. The van der Waals surface area contributed by atoms with E-state index in [2.05, 4.69) is 17.2 Å². The van der Waals surface area contributed by atoms with Crippen LogP contribution in [0.4, 0.5) is 4.79 Å². The molecule has 5 nitrogen and oxygen atoms in total. The number of rotatable bonds is 3. The number of carbonyl (C=O) groups excluding carboxylic acids is 1. The Labute approximate surface area is 147 Å². The lowest BCUT2D eigenvalue weighted by Gasteiger charge is -2.60. The maximum absolute atomic E-state index is 11.7. The van der Waals surface area contributed by atoms with Gasteiger partial charge in [0.2, 0.25) is 0 Å². The number of hydrogen-bond donors (Lipinski definition) is 0. The molecule has 0 aromatic carbocycles. The summed E-state index contributed by atoms with van der Waals surface area (Å²) in [5, 5.41) is 3.46. The van der Waals surface area contributed by atoms with Crippen LogP contribution in [0.25, 0.3) is 0 Å². The van der Waals surface area contributed by atoms with Gasteiger partial charge in [-0.25, -0.2) is 9.78 Å². The maximum atomic E-state index is 11.7. The lowest BCUT2D eigenvalue weighted by atomic mass is 9.60. The Balaban J connectivity index is 1.09. The van der Waals surface area contributed by atoms with Gasteiger partial charge in [-0.15, -0.1) is 11.3 Å². The predicted molar refractivity (Wildman–Crippen MR) is 92.2 cm³/mol. The summed E-state index contributed by atoms with van der Waals surface area (Å²) in [5.41, 5.74) is 1.76. The Bertz CT molecular complexity index is 649. The molecule has 5 rings (SSSR count). The molecule has 0 N–H and O–H groups in total. The number of piperidine rings is 1. The maximum Gasteiger partial charge on any atom is 0.409 e. The minimum Gasteiger partial charge on any atom is -0.450 e. The summed E-state index contributed by atoms with van der Waals surface area (Å²) in [4.78, 5) is 21.0. The first-order valence-electron chi connectivity index (χ1n) is 9.16. The number of ether oxygens (including phenoxy) is 1. The topological polar surface area (TPSA) is 45.7 Å². The smallest absolute Gasteiger partial charge is 0.409 e. The molecule has 4 aliphatic rings. The van der Waals surface area contributed by atoms with Crippen molar-refractivity contribution in [1.82, 2.24) is 14.8 Å². The van der Waals surface area contributed by atoms with Crippen molar-refractivity contribution < 1.29 is 9.53 Å². The summed E-state index contributed by atoms with van der Waals surface area (Å²) < 4.78 is 5.08. The Morgan fingerprint density at radius 1 is 1.38 bits per heavy atom. The third-order valence-electron chi connectivity index (χ3n) is 6.63. The fraction of sp³-hybridized carbons (Fsp3) is 0.778. The normalized spacial score (nSPS) is 33.9.